The van der Waals surface area contributed by atoms with Crippen LogP contribution in [0.1, 0.15) is 22.6 Å². The van der Waals surface area contributed by atoms with E-state index in [-0.39, 0.29) is 35.6 Å². The molecule has 1 heterocycles. The number of phenols is 1. The Kier molecular flexibility index (Phi) is 6.04. The zero-order valence-electron chi connectivity index (χ0n) is 14.2. The number of benzene rings is 2. The van der Waals surface area contributed by atoms with Gasteiger partial charge in [-0.15, -0.1) is 0 Å². The molecule has 0 radical (unpaired) electrons. The highest BCUT2D eigenvalue weighted by atomic mass is 127. The first-order valence-corrected chi connectivity index (χ1v) is 8.26. The fraction of sp³-hybridized carbons (Fsp3) is 0.368. The van der Waals surface area contributed by atoms with Gasteiger partial charge in [0.25, 0.3) is 0 Å². The Hall–Kier alpha value is -0.980. The molecular formula is C19H23ClINO2. The Labute approximate surface area is 165 Å². The highest BCUT2D eigenvalue weighted by Crippen LogP contribution is 2.44. The van der Waals surface area contributed by atoms with Crippen LogP contribution >= 0.6 is 11.6 Å². The third-order valence-corrected chi connectivity index (χ3v) is 5.19. The molecule has 1 N–H and O–H groups in total. The lowest BCUT2D eigenvalue weighted by molar-refractivity contribution is -0.890. The topological polar surface area (TPSA) is 29.5 Å². The quantitative estimate of drug-likeness (QED) is 0.407. The lowest BCUT2D eigenvalue weighted by Gasteiger charge is -2.31. The maximum atomic E-state index is 10.3. The molecule has 5 heteroatoms. The smallest absolute Gasteiger partial charge is 0.177 e. The van der Waals surface area contributed by atoms with E-state index in [1.165, 1.54) is 11.1 Å². The van der Waals surface area contributed by atoms with Crippen molar-refractivity contribution in [1.29, 1.82) is 0 Å². The molecule has 2 aromatic rings. The molecule has 0 amide bonds. The summed E-state index contributed by atoms with van der Waals surface area (Å²) in [5.74, 6) is 0.726. The monoisotopic (exact) mass is 462 g/mol. The van der Waals surface area contributed by atoms with Gasteiger partial charge in [0.05, 0.1) is 45.2 Å². The van der Waals surface area contributed by atoms with Crippen molar-refractivity contribution in [3.05, 3.63) is 58.1 Å². The summed E-state index contributed by atoms with van der Waals surface area (Å²) in [7, 11) is 6.05. The average Bonchev–Trinajstić information content (AvgIpc) is 2.68. The summed E-state index contributed by atoms with van der Waals surface area (Å²) >= 11 is 6.48. The molecule has 0 aliphatic carbocycles. The zero-order valence-corrected chi connectivity index (χ0v) is 17.1. The van der Waals surface area contributed by atoms with Crippen LogP contribution in [-0.4, -0.2) is 43.9 Å². The van der Waals surface area contributed by atoms with Crippen LogP contribution in [0.3, 0.4) is 0 Å². The fourth-order valence-electron chi connectivity index (χ4n) is 3.46. The number of aromatic hydroxyl groups is 1. The first kappa shape index (κ1) is 19.3. The van der Waals surface area contributed by atoms with E-state index < -0.39 is 0 Å². The number of nitrogens with zero attached hydrogens (tertiary/aromatic N) is 1. The predicted octanol–water partition coefficient (Wildman–Crippen LogP) is 0.823. The third kappa shape index (κ3) is 3.65. The molecule has 0 bridgehead atoms. The first-order chi connectivity index (χ1) is 10.9. The van der Waals surface area contributed by atoms with Crippen molar-refractivity contribution in [3.63, 3.8) is 0 Å². The van der Waals surface area contributed by atoms with Crippen LogP contribution in [0, 0.1) is 0 Å². The van der Waals surface area contributed by atoms with Gasteiger partial charge in [-0.05, 0) is 22.8 Å². The highest BCUT2D eigenvalue weighted by Gasteiger charge is 2.33. The van der Waals surface area contributed by atoms with Crippen molar-refractivity contribution in [1.82, 2.24) is 0 Å². The standard InChI is InChI=1S/C19H22ClNO2.HI/c1-21(2)10-9-14-15(11-17(23-3)19(22)18(14)20)16(12-21)13-7-5-4-6-8-13;/h4-8,11,16H,9-10,12H2,1-3H3;1H/t16-;/m1./s1/i1+1,2+1,3+1;. The van der Waals surface area contributed by atoms with Gasteiger partial charge in [0.15, 0.2) is 11.5 Å². The van der Waals surface area contributed by atoms with Gasteiger partial charge in [-0.1, -0.05) is 41.9 Å². The second-order valence-corrected chi connectivity index (χ2v) is 7.24. The molecule has 130 valence electrons. The van der Waals surface area contributed by atoms with Gasteiger partial charge in [0.1, 0.15) is 0 Å². The van der Waals surface area contributed by atoms with Crippen LogP contribution < -0.4 is 28.7 Å². The van der Waals surface area contributed by atoms with Crippen LogP contribution in [-0.2, 0) is 6.42 Å². The number of fused-ring (bicyclic) bond motifs is 1. The second kappa shape index (κ2) is 7.50. The van der Waals surface area contributed by atoms with Crippen LogP contribution in [0.5, 0.6) is 11.5 Å². The van der Waals surface area contributed by atoms with E-state index >= 15 is 0 Å². The van der Waals surface area contributed by atoms with E-state index in [1.807, 2.05) is 12.1 Å². The minimum absolute atomic E-state index is 0. The molecule has 0 saturated carbocycles. The molecule has 3 rings (SSSR count). The molecule has 1 aliphatic heterocycles. The van der Waals surface area contributed by atoms with Crippen LogP contribution in [0.25, 0.3) is 0 Å². The van der Waals surface area contributed by atoms with E-state index in [1.54, 1.807) is 7.11 Å². The number of rotatable bonds is 2. The van der Waals surface area contributed by atoms with E-state index in [4.69, 9.17) is 16.3 Å². The number of likely N-dealkylation sites (N-methyl/N-ethyl adjacent to an activating group) is 1. The van der Waals surface area contributed by atoms with Gasteiger partial charge in [0.2, 0.25) is 0 Å². The lowest BCUT2D eigenvalue weighted by Crippen LogP contribution is -3.00. The maximum Gasteiger partial charge on any atom is 0.177 e. The number of ether oxygens (including phenoxy) is 1. The molecule has 0 fully saturated rings. The molecule has 0 saturated heterocycles. The summed E-state index contributed by atoms with van der Waals surface area (Å²) in [5, 5.41) is 10.7. The average molecular weight is 463 g/mol. The predicted molar refractivity (Wildman–Crippen MR) is 93.5 cm³/mol. The number of phenolic OH excluding ortho intramolecular Hbond substituents is 1. The van der Waals surface area contributed by atoms with Gasteiger partial charge < -0.3 is 38.3 Å². The molecule has 0 aromatic heterocycles. The Morgan fingerprint density at radius 1 is 1.21 bits per heavy atom. The van der Waals surface area contributed by atoms with Crippen LogP contribution in [0.4, 0.5) is 0 Å². The molecule has 1 aliphatic rings. The van der Waals surface area contributed by atoms with Gasteiger partial charge >= 0.3 is 0 Å². The van der Waals surface area contributed by atoms with E-state index in [0.29, 0.717) is 10.8 Å². The van der Waals surface area contributed by atoms with E-state index in [0.717, 1.165) is 29.6 Å². The SMILES string of the molecule is [13CH3]Oc1cc2c(c(Cl)c1O)CC[N+]([13CH3])([13CH3])C[C@@H]2c1ccccc1.[I-]. The Morgan fingerprint density at radius 3 is 2.50 bits per heavy atom. The van der Waals surface area contributed by atoms with Gasteiger partial charge in [-0.2, -0.15) is 0 Å². The number of quaternary nitrogens is 1. The molecule has 1 atom stereocenters. The summed E-state index contributed by atoms with van der Waals surface area (Å²) in [6, 6.07) is 12.4. The van der Waals surface area contributed by atoms with Crippen molar-refractivity contribution in [2.75, 3.05) is 34.3 Å². The minimum atomic E-state index is 0. The van der Waals surface area contributed by atoms with Gasteiger partial charge in [0, 0.05) is 6.42 Å². The van der Waals surface area contributed by atoms with Crippen LogP contribution in [0.2, 0.25) is 5.02 Å². The largest absolute Gasteiger partial charge is 1.00 e. The summed E-state index contributed by atoms with van der Waals surface area (Å²) in [5.41, 5.74) is 3.48. The van der Waals surface area contributed by atoms with Crippen LogP contribution in [0.15, 0.2) is 36.4 Å². The number of hydrogen-bond donors (Lipinski definition) is 1. The normalized spacial score (nSPS) is 18.9. The van der Waals surface area contributed by atoms with Crippen molar-refractivity contribution >= 4 is 11.6 Å². The van der Waals surface area contributed by atoms with Crippen molar-refractivity contribution < 1.29 is 38.3 Å². The summed E-state index contributed by atoms with van der Waals surface area (Å²) in [4.78, 5) is 0. The fourth-order valence-corrected chi connectivity index (χ4v) is 3.76. The molecule has 3 nitrogen and oxygen atoms in total. The lowest BCUT2D eigenvalue weighted by atomic mass is 9.87. The Morgan fingerprint density at radius 2 is 1.88 bits per heavy atom. The number of halogens is 2. The molecule has 24 heavy (non-hydrogen) atoms. The number of hydrogen-bond acceptors (Lipinski definition) is 2. The molecule has 0 spiro atoms. The van der Waals surface area contributed by atoms with Crippen molar-refractivity contribution in [2.45, 2.75) is 12.3 Å². The summed E-state index contributed by atoms with van der Waals surface area (Å²) < 4.78 is 6.24. The third-order valence-electron chi connectivity index (χ3n) is 4.78. The summed E-state index contributed by atoms with van der Waals surface area (Å²) in [6.45, 7) is 1.98. The van der Waals surface area contributed by atoms with Crippen molar-refractivity contribution in [3.8, 4) is 11.5 Å². The Balaban J connectivity index is 0.00000208. The van der Waals surface area contributed by atoms with E-state index in [9.17, 15) is 5.11 Å². The molecule has 0 unspecified atom stereocenters. The number of methoxy groups -OCH3 is 1. The van der Waals surface area contributed by atoms with Crippen molar-refractivity contribution in [2.24, 2.45) is 0 Å². The highest BCUT2D eigenvalue weighted by molar-refractivity contribution is 6.33. The Bertz CT molecular complexity index is 719. The minimum Gasteiger partial charge on any atom is -1.00 e. The molecule has 2 aromatic carbocycles. The van der Waals surface area contributed by atoms with Gasteiger partial charge in [-0.25, -0.2) is 0 Å². The molecular weight excluding hydrogens is 440 g/mol. The maximum absolute atomic E-state index is 10.3. The summed E-state index contributed by atoms with van der Waals surface area (Å²) in [6.07, 6.45) is 0.849. The zero-order chi connectivity index (χ0) is 16.6. The first-order valence-electron chi connectivity index (χ1n) is 7.88. The second-order valence-electron chi connectivity index (χ2n) is 6.86. The van der Waals surface area contributed by atoms with Gasteiger partial charge in [-0.3, -0.25) is 0 Å². The van der Waals surface area contributed by atoms with E-state index in [2.05, 4.69) is 38.4 Å².